The molecule has 2 bridgehead atoms. The predicted octanol–water partition coefficient (Wildman–Crippen LogP) is 2.83. The second-order valence-corrected chi connectivity index (χ2v) is 9.45. The Labute approximate surface area is 170 Å². The Hall–Kier alpha value is -2.12. The molecule has 1 spiro atoms. The number of ether oxygens (including phenoxy) is 2. The van der Waals surface area contributed by atoms with Crippen molar-refractivity contribution in [1.29, 1.82) is 0 Å². The quantitative estimate of drug-likeness (QED) is 0.418. The van der Waals surface area contributed by atoms with Gasteiger partial charge in [-0.05, 0) is 39.7 Å². The van der Waals surface area contributed by atoms with E-state index in [4.69, 9.17) is 9.47 Å². The third-order valence-corrected chi connectivity index (χ3v) is 8.21. The highest BCUT2D eigenvalue weighted by Gasteiger charge is 2.75. The van der Waals surface area contributed by atoms with Crippen molar-refractivity contribution >= 4 is 38.7 Å². The smallest absolute Gasteiger partial charge is 0.328 e. The second-order valence-electron chi connectivity index (χ2n) is 8.21. The van der Waals surface area contributed by atoms with Crippen molar-refractivity contribution in [2.24, 2.45) is 11.8 Å². The van der Waals surface area contributed by atoms with Crippen molar-refractivity contribution in [3.8, 4) is 0 Å². The number of halogens is 1. The topological polar surface area (TPSA) is 71.6 Å². The van der Waals surface area contributed by atoms with Gasteiger partial charge >= 0.3 is 5.97 Å². The first-order valence-electron chi connectivity index (χ1n) is 9.50. The Morgan fingerprint density at radius 2 is 2.14 bits per heavy atom. The number of esters is 1. The van der Waals surface area contributed by atoms with Crippen LogP contribution in [0.15, 0.2) is 36.4 Å². The number of methoxy groups -OCH3 is 1. The summed E-state index contributed by atoms with van der Waals surface area (Å²) in [4.78, 5) is 31.5. The van der Waals surface area contributed by atoms with E-state index in [1.165, 1.54) is 7.11 Å². The average Bonchev–Trinajstić information content (AvgIpc) is 3.37. The number of carbonyl (C=O) groups excluding carboxylic acids is 2. The fourth-order valence-electron chi connectivity index (χ4n) is 5.84. The molecule has 2 aromatic rings. The van der Waals surface area contributed by atoms with E-state index in [1.54, 1.807) is 4.90 Å². The molecule has 1 aromatic carbocycles. The van der Waals surface area contributed by atoms with Gasteiger partial charge in [-0.1, -0.05) is 25.1 Å². The number of H-pyrrole nitrogens is 1. The van der Waals surface area contributed by atoms with Crippen LogP contribution < -0.4 is 0 Å². The minimum absolute atomic E-state index is 0.0390. The number of aromatic nitrogens is 1. The van der Waals surface area contributed by atoms with Gasteiger partial charge in [0, 0.05) is 28.9 Å². The molecule has 0 radical (unpaired) electrons. The molecule has 4 aliphatic heterocycles. The van der Waals surface area contributed by atoms with E-state index >= 15 is 0 Å². The van der Waals surface area contributed by atoms with Crippen molar-refractivity contribution in [2.75, 3.05) is 7.11 Å². The Morgan fingerprint density at radius 1 is 1.36 bits per heavy atom. The molecule has 1 aromatic heterocycles. The van der Waals surface area contributed by atoms with Crippen LogP contribution in [0, 0.1) is 11.8 Å². The Bertz CT molecular complexity index is 1090. The predicted molar refractivity (Wildman–Crippen MR) is 105 cm³/mol. The van der Waals surface area contributed by atoms with Crippen LogP contribution >= 0.6 is 15.9 Å². The molecule has 6 rings (SSSR count). The van der Waals surface area contributed by atoms with E-state index in [2.05, 4.69) is 27.0 Å². The normalized spacial score (nSPS) is 40.0. The van der Waals surface area contributed by atoms with E-state index in [1.807, 2.05) is 37.3 Å². The summed E-state index contributed by atoms with van der Waals surface area (Å²) in [6, 6.07) is 7.01. The molecule has 4 aliphatic rings. The molecule has 2 fully saturated rings. The molecule has 1 amide bonds. The number of carbonyl (C=O) groups is 2. The fraction of sp³-hybridized carbons (Fsp3) is 0.429. The van der Waals surface area contributed by atoms with Crippen molar-refractivity contribution in [1.82, 2.24) is 9.88 Å². The highest BCUT2D eigenvalue weighted by atomic mass is 79.9. The summed E-state index contributed by atoms with van der Waals surface area (Å²) in [5, 5.41) is 1.08. The number of nitrogens with zero attached hydrogens (tertiary/aromatic N) is 1. The van der Waals surface area contributed by atoms with Crippen LogP contribution in [-0.2, 0) is 25.5 Å². The highest BCUT2D eigenvalue weighted by molar-refractivity contribution is 9.10. The zero-order chi connectivity index (χ0) is 19.4. The van der Waals surface area contributed by atoms with E-state index < -0.39 is 16.2 Å². The summed E-state index contributed by atoms with van der Waals surface area (Å²) in [6.45, 7) is 2.03. The van der Waals surface area contributed by atoms with Crippen LogP contribution in [0.25, 0.3) is 10.9 Å². The highest BCUT2D eigenvalue weighted by Crippen LogP contribution is 2.66. The van der Waals surface area contributed by atoms with Gasteiger partial charge in [0.2, 0.25) is 5.91 Å². The lowest BCUT2D eigenvalue weighted by molar-refractivity contribution is -0.155. The van der Waals surface area contributed by atoms with Crippen molar-refractivity contribution < 1.29 is 19.1 Å². The van der Waals surface area contributed by atoms with E-state index in [0.717, 1.165) is 22.2 Å². The Morgan fingerprint density at radius 3 is 2.93 bits per heavy atom. The Kier molecular flexibility index (Phi) is 3.04. The van der Waals surface area contributed by atoms with Crippen LogP contribution in [0.1, 0.15) is 24.2 Å². The van der Waals surface area contributed by atoms with Gasteiger partial charge in [0.05, 0.1) is 13.0 Å². The molecule has 0 saturated carbocycles. The molecular formula is C21H19BrN2O4. The average molecular weight is 443 g/mol. The summed E-state index contributed by atoms with van der Waals surface area (Å²) in [7, 11) is 1.37. The number of fused-ring (bicyclic) bond motifs is 6. The molecule has 1 N–H and O–H groups in total. The van der Waals surface area contributed by atoms with Crippen LogP contribution in [-0.4, -0.2) is 45.0 Å². The molecule has 6 atom stereocenters. The number of amides is 1. The number of para-hydroxylation sites is 1. The maximum absolute atomic E-state index is 13.6. The number of aromatic amines is 1. The summed E-state index contributed by atoms with van der Waals surface area (Å²) in [5.74, 6) is -0.804. The lowest BCUT2D eigenvalue weighted by Gasteiger charge is -2.40. The zero-order valence-corrected chi connectivity index (χ0v) is 17.0. The van der Waals surface area contributed by atoms with Gasteiger partial charge in [0.1, 0.15) is 22.2 Å². The maximum Gasteiger partial charge on any atom is 0.328 e. The fourth-order valence-corrected chi connectivity index (χ4v) is 6.52. The van der Waals surface area contributed by atoms with Gasteiger partial charge in [-0.2, -0.15) is 0 Å². The van der Waals surface area contributed by atoms with Crippen molar-refractivity contribution in [3.05, 3.63) is 47.7 Å². The first-order valence-corrected chi connectivity index (χ1v) is 10.3. The minimum atomic E-state index is -0.789. The van der Waals surface area contributed by atoms with Crippen molar-refractivity contribution in [3.63, 3.8) is 0 Å². The van der Waals surface area contributed by atoms with Crippen LogP contribution in [0.3, 0.4) is 0 Å². The lowest BCUT2D eigenvalue weighted by atomic mass is 9.74. The minimum Gasteiger partial charge on any atom is -0.467 e. The third-order valence-electron chi connectivity index (χ3n) is 7.06. The van der Waals surface area contributed by atoms with E-state index in [9.17, 15) is 9.59 Å². The number of nitrogens with one attached hydrogen (secondary N) is 1. The number of alkyl halides is 1. The first kappa shape index (κ1) is 16.8. The molecular weight excluding hydrogens is 424 g/mol. The molecule has 6 unspecified atom stereocenters. The Balaban J connectivity index is 1.63. The number of benzene rings is 1. The number of hydrogen-bond donors (Lipinski definition) is 1. The summed E-state index contributed by atoms with van der Waals surface area (Å²) in [5.41, 5.74) is 2.25. The molecule has 144 valence electrons. The van der Waals surface area contributed by atoms with Crippen LogP contribution in [0.5, 0.6) is 0 Å². The van der Waals surface area contributed by atoms with Gasteiger partial charge in [0.25, 0.3) is 0 Å². The standard InChI is InChI=1S/C21H19BrN2O4/c1-10-15-18(25)24-14(19(26)27-2)9-12-11-5-3-4-6-13(11)23-16(12)17(24)20(15)7-8-21(10,22)28-20/h3-8,10,14-15,17,23H,9H2,1-2H3. The molecule has 2 saturated heterocycles. The van der Waals surface area contributed by atoms with Crippen LogP contribution in [0.4, 0.5) is 0 Å². The molecule has 6 nitrogen and oxygen atoms in total. The SMILES string of the molecule is COC(=O)C1Cc2c([nH]c3ccccc23)C2N1C(=O)C1C(C)C3(Br)C=CC12O3. The maximum atomic E-state index is 13.6. The molecule has 0 aliphatic carbocycles. The zero-order valence-electron chi connectivity index (χ0n) is 15.4. The number of hydrogen-bond acceptors (Lipinski definition) is 4. The van der Waals surface area contributed by atoms with Crippen molar-refractivity contribution in [2.45, 2.75) is 35.5 Å². The molecule has 28 heavy (non-hydrogen) atoms. The first-order chi connectivity index (χ1) is 13.4. The molecule has 5 heterocycles. The van der Waals surface area contributed by atoms with E-state index in [0.29, 0.717) is 6.42 Å². The summed E-state index contributed by atoms with van der Waals surface area (Å²) >= 11 is 3.70. The van der Waals surface area contributed by atoms with Crippen LogP contribution in [0.2, 0.25) is 0 Å². The van der Waals surface area contributed by atoms with Gasteiger partial charge in [-0.3, -0.25) is 4.79 Å². The van der Waals surface area contributed by atoms with Gasteiger partial charge in [-0.25, -0.2) is 4.79 Å². The van der Waals surface area contributed by atoms with Gasteiger partial charge in [0.15, 0.2) is 0 Å². The number of rotatable bonds is 1. The van der Waals surface area contributed by atoms with Gasteiger partial charge in [-0.15, -0.1) is 0 Å². The van der Waals surface area contributed by atoms with E-state index in [-0.39, 0.29) is 29.8 Å². The second kappa shape index (κ2) is 5.07. The molecule has 7 heteroatoms. The monoisotopic (exact) mass is 442 g/mol. The van der Waals surface area contributed by atoms with Gasteiger partial charge < -0.3 is 19.4 Å². The third kappa shape index (κ3) is 1.69. The summed E-state index contributed by atoms with van der Waals surface area (Å²) < 4.78 is 11.0. The lowest BCUT2D eigenvalue weighted by Crippen LogP contribution is -2.51. The summed E-state index contributed by atoms with van der Waals surface area (Å²) in [6.07, 6.45) is 4.47. The largest absolute Gasteiger partial charge is 0.467 e.